The Morgan fingerprint density at radius 2 is 2.00 bits per heavy atom. The van der Waals surface area contributed by atoms with Crippen LogP contribution in [-0.4, -0.2) is 17.0 Å². The molecule has 25 heavy (non-hydrogen) atoms. The van der Waals surface area contributed by atoms with Crippen molar-refractivity contribution in [2.45, 2.75) is 19.3 Å². The predicted molar refractivity (Wildman–Crippen MR) is 101 cm³/mol. The maximum atomic E-state index is 12.3. The van der Waals surface area contributed by atoms with E-state index in [1.54, 1.807) is 11.3 Å². The number of amides is 1. The molecule has 4 nitrogen and oxygen atoms in total. The average Bonchev–Trinajstić information content (AvgIpc) is 3.22. The van der Waals surface area contributed by atoms with Crippen molar-refractivity contribution in [2.75, 3.05) is 5.32 Å². The standard InChI is InChI=1S/C19H15NO3S2/c1-10-2-4-11(5-3-10)15-16-17(25-18(15)19(22)23)13(8-14(21)20-16)12-6-7-24-9-12/h2-7,9,13H,8H2,1H3,(H,20,21)(H,22,23)/t13-/m0/s1. The van der Waals surface area contributed by atoms with Crippen molar-refractivity contribution in [1.29, 1.82) is 0 Å². The Kier molecular flexibility index (Phi) is 3.94. The summed E-state index contributed by atoms with van der Waals surface area (Å²) in [6.07, 6.45) is 0.344. The van der Waals surface area contributed by atoms with Crippen LogP contribution in [0.25, 0.3) is 11.1 Å². The molecule has 0 fully saturated rings. The lowest BCUT2D eigenvalue weighted by Gasteiger charge is -2.23. The minimum Gasteiger partial charge on any atom is -0.477 e. The van der Waals surface area contributed by atoms with Gasteiger partial charge in [0.25, 0.3) is 0 Å². The number of carboxylic acid groups (broad SMARTS) is 1. The lowest BCUT2D eigenvalue weighted by Crippen LogP contribution is -2.22. The molecule has 0 unspecified atom stereocenters. The fourth-order valence-corrected chi connectivity index (χ4v) is 5.14. The number of thiophene rings is 2. The molecule has 1 aliphatic heterocycles. The SMILES string of the molecule is Cc1ccc(-c2c(C(=O)O)sc3c2NC(=O)C[C@H]3c2ccsc2)cc1. The lowest BCUT2D eigenvalue weighted by molar-refractivity contribution is -0.116. The Hall–Kier alpha value is -2.44. The number of fused-ring (bicyclic) bond motifs is 1. The highest BCUT2D eigenvalue weighted by atomic mass is 32.1. The first-order chi connectivity index (χ1) is 12.0. The molecule has 3 heterocycles. The molecule has 0 bridgehead atoms. The van der Waals surface area contributed by atoms with E-state index in [-0.39, 0.29) is 16.7 Å². The number of carbonyl (C=O) groups is 2. The van der Waals surface area contributed by atoms with Crippen molar-refractivity contribution in [3.8, 4) is 11.1 Å². The molecule has 0 radical (unpaired) electrons. The maximum Gasteiger partial charge on any atom is 0.346 e. The van der Waals surface area contributed by atoms with Crippen LogP contribution in [0.5, 0.6) is 0 Å². The second-order valence-electron chi connectivity index (χ2n) is 6.08. The molecule has 126 valence electrons. The highest BCUT2D eigenvalue weighted by Crippen LogP contribution is 2.49. The van der Waals surface area contributed by atoms with Gasteiger partial charge in [0.05, 0.1) is 5.69 Å². The van der Waals surface area contributed by atoms with Gasteiger partial charge in [-0.25, -0.2) is 4.79 Å². The van der Waals surface area contributed by atoms with Crippen molar-refractivity contribution in [3.63, 3.8) is 0 Å². The number of aromatic carboxylic acids is 1. The highest BCUT2D eigenvalue weighted by Gasteiger charge is 2.34. The van der Waals surface area contributed by atoms with Gasteiger partial charge in [-0.15, -0.1) is 11.3 Å². The Morgan fingerprint density at radius 3 is 2.64 bits per heavy atom. The van der Waals surface area contributed by atoms with Crippen molar-refractivity contribution in [2.24, 2.45) is 0 Å². The maximum absolute atomic E-state index is 12.3. The van der Waals surface area contributed by atoms with E-state index in [0.717, 1.165) is 21.6 Å². The summed E-state index contributed by atoms with van der Waals surface area (Å²) in [5, 5.41) is 16.6. The van der Waals surface area contributed by atoms with Crippen LogP contribution < -0.4 is 5.32 Å². The number of carboxylic acids is 1. The zero-order valence-corrected chi connectivity index (χ0v) is 15.0. The summed E-state index contributed by atoms with van der Waals surface area (Å²) in [4.78, 5) is 25.3. The number of nitrogens with one attached hydrogen (secondary N) is 1. The first kappa shape index (κ1) is 16.1. The van der Waals surface area contributed by atoms with Crippen LogP contribution in [-0.2, 0) is 4.79 Å². The van der Waals surface area contributed by atoms with Crippen LogP contribution in [0.4, 0.5) is 5.69 Å². The van der Waals surface area contributed by atoms with E-state index in [1.165, 1.54) is 11.3 Å². The first-order valence-electron chi connectivity index (χ1n) is 7.83. The second-order valence-corrected chi connectivity index (χ2v) is 7.91. The summed E-state index contributed by atoms with van der Waals surface area (Å²) < 4.78 is 0. The van der Waals surface area contributed by atoms with Crippen molar-refractivity contribution < 1.29 is 14.7 Å². The van der Waals surface area contributed by atoms with Crippen LogP contribution in [0.1, 0.15) is 38.0 Å². The zero-order chi connectivity index (χ0) is 17.6. The van der Waals surface area contributed by atoms with Crippen molar-refractivity contribution >= 4 is 40.2 Å². The van der Waals surface area contributed by atoms with Crippen LogP contribution in [0.15, 0.2) is 41.1 Å². The van der Waals surface area contributed by atoms with Crippen LogP contribution in [0.2, 0.25) is 0 Å². The van der Waals surface area contributed by atoms with Gasteiger partial charge in [0.2, 0.25) is 5.91 Å². The van der Waals surface area contributed by atoms with E-state index < -0.39 is 5.97 Å². The normalized spacial score (nSPS) is 16.4. The topological polar surface area (TPSA) is 66.4 Å². The summed E-state index contributed by atoms with van der Waals surface area (Å²) in [6, 6.07) is 9.72. The Bertz CT molecular complexity index is 955. The minimum absolute atomic E-state index is 0.0770. The number of rotatable bonds is 3. The molecule has 1 atom stereocenters. The monoisotopic (exact) mass is 369 g/mol. The third-order valence-corrected chi connectivity index (χ3v) is 6.38. The third kappa shape index (κ3) is 2.77. The number of anilines is 1. The molecule has 2 N–H and O–H groups in total. The summed E-state index contributed by atoms with van der Waals surface area (Å²) >= 11 is 2.85. The fourth-order valence-electron chi connectivity index (χ4n) is 3.18. The van der Waals surface area contributed by atoms with Gasteiger partial charge in [-0.2, -0.15) is 11.3 Å². The number of hydrogen-bond donors (Lipinski definition) is 2. The average molecular weight is 369 g/mol. The molecule has 2 aromatic heterocycles. The quantitative estimate of drug-likeness (QED) is 0.686. The van der Waals surface area contributed by atoms with E-state index in [9.17, 15) is 14.7 Å². The van der Waals surface area contributed by atoms with Gasteiger partial charge in [0.1, 0.15) is 4.88 Å². The molecule has 0 spiro atoms. The summed E-state index contributed by atoms with van der Waals surface area (Å²) in [5.74, 6) is -1.13. The van der Waals surface area contributed by atoms with Gasteiger partial charge in [-0.1, -0.05) is 29.8 Å². The molecule has 1 aromatic carbocycles. The molecule has 1 aliphatic rings. The molecular formula is C19H15NO3S2. The molecule has 4 rings (SSSR count). The van der Waals surface area contributed by atoms with Gasteiger partial charge in [-0.05, 0) is 34.9 Å². The minimum atomic E-state index is -0.965. The molecule has 0 saturated carbocycles. The molecule has 3 aromatic rings. The third-order valence-electron chi connectivity index (χ3n) is 4.39. The number of hydrogen-bond acceptors (Lipinski definition) is 4. The van der Waals surface area contributed by atoms with Gasteiger partial charge >= 0.3 is 5.97 Å². The Balaban J connectivity index is 1.95. The predicted octanol–water partition coefficient (Wildman–Crippen LogP) is 4.96. The Labute approximate surface area is 152 Å². The van der Waals surface area contributed by atoms with Crippen LogP contribution in [0.3, 0.4) is 0 Å². The van der Waals surface area contributed by atoms with E-state index in [1.807, 2.05) is 48.0 Å². The molecule has 0 aliphatic carbocycles. The lowest BCUT2D eigenvalue weighted by atomic mass is 9.90. The summed E-state index contributed by atoms with van der Waals surface area (Å²) in [6.45, 7) is 1.99. The largest absolute Gasteiger partial charge is 0.477 e. The van der Waals surface area contributed by atoms with Gasteiger partial charge < -0.3 is 10.4 Å². The summed E-state index contributed by atoms with van der Waals surface area (Å²) in [5.41, 5.74) is 4.24. The number of carbonyl (C=O) groups excluding carboxylic acids is 1. The fraction of sp³-hybridized carbons (Fsp3) is 0.158. The van der Waals surface area contributed by atoms with Crippen LogP contribution >= 0.6 is 22.7 Å². The number of benzene rings is 1. The molecule has 0 saturated heterocycles. The summed E-state index contributed by atoms with van der Waals surface area (Å²) in [7, 11) is 0. The van der Waals surface area contributed by atoms with Crippen molar-refractivity contribution in [1.82, 2.24) is 0 Å². The van der Waals surface area contributed by atoms with Gasteiger partial charge in [0.15, 0.2) is 0 Å². The van der Waals surface area contributed by atoms with Gasteiger partial charge in [0, 0.05) is 22.8 Å². The van der Waals surface area contributed by atoms with E-state index in [2.05, 4.69) is 5.32 Å². The number of aryl methyl sites for hydroxylation is 1. The van der Waals surface area contributed by atoms with Crippen LogP contribution in [0, 0.1) is 6.92 Å². The second kappa shape index (κ2) is 6.13. The van der Waals surface area contributed by atoms with E-state index in [0.29, 0.717) is 17.7 Å². The molecular weight excluding hydrogens is 354 g/mol. The molecule has 1 amide bonds. The van der Waals surface area contributed by atoms with Gasteiger partial charge in [-0.3, -0.25) is 4.79 Å². The smallest absolute Gasteiger partial charge is 0.346 e. The van der Waals surface area contributed by atoms with E-state index in [4.69, 9.17) is 0 Å². The zero-order valence-electron chi connectivity index (χ0n) is 13.4. The van der Waals surface area contributed by atoms with E-state index >= 15 is 0 Å². The first-order valence-corrected chi connectivity index (χ1v) is 9.59. The Morgan fingerprint density at radius 1 is 1.24 bits per heavy atom. The molecule has 6 heteroatoms. The van der Waals surface area contributed by atoms with Crippen molar-refractivity contribution in [3.05, 3.63) is 62.0 Å². The highest BCUT2D eigenvalue weighted by molar-refractivity contribution is 7.15.